The van der Waals surface area contributed by atoms with E-state index in [1.165, 1.54) is 16.9 Å². The van der Waals surface area contributed by atoms with Crippen LogP contribution in [-0.2, 0) is 10.5 Å². The van der Waals surface area contributed by atoms with Crippen LogP contribution in [0.2, 0.25) is 0 Å². The van der Waals surface area contributed by atoms with Crippen molar-refractivity contribution in [2.75, 3.05) is 5.32 Å². The lowest BCUT2D eigenvalue weighted by molar-refractivity contribution is -0.122. The maximum atomic E-state index is 12.4. The van der Waals surface area contributed by atoms with E-state index in [-0.39, 0.29) is 5.91 Å². The van der Waals surface area contributed by atoms with Gasteiger partial charge in [0.2, 0.25) is 5.13 Å². The topological polar surface area (TPSA) is 64.1 Å². The minimum atomic E-state index is -0.630. The first-order chi connectivity index (χ1) is 13.0. The molecule has 1 aromatic heterocycles. The molecule has 0 aliphatic rings. The molecule has 1 N–H and O–H groups in total. The number of carbonyl (C=O) groups is 1. The second-order valence-corrected chi connectivity index (χ2v) is 8.29. The van der Waals surface area contributed by atoms with Crippen molar-refractivity contribution in [2.45, 2.75) is 37.0 Å². The van der Waals surface area contributed by atoms with E-state index < -0.39 is 6.10 Å². The van der Waals surface area contributed by atoms with E-state index in [0.29, 0.717) is 10.9 Å². The van der Waals surface area contributed by atoms with E-state index in [2.05, 4.69) is 27.6 Å². The molecule has 1 atom stereocenters. The van der Waals surface area contributed by atoms with Crippen LogP contribution >= 0.6 is 23.1 Å². The number of nitrogens with one attached hydrogen (secondary N) is 1. The predicted molar refractivity (Wildman–Crippen MR) is 111 cm³/mol. The van der Waals surface area contributed by atoms with Crippen LogP contribution in [0.3, 0.4) is 0 Å². The van der Waals surface area contributed by atoms with Crippen LogP contribution in [0.1, 0.15) is 23.6 Å². The van der Waals surface area contributed by atoms with Crippen LogP contribution in [0.5, 0.6) is 5.75 Å². The number of aryl methyl sites for hydroxylation is 1. The Balaban J connectivity index is 1.54. The van der Waals surface area contributed by atoms with Crippen molar-refractivity contribution in [3.8, 4) is 5.75 Å². The Labute approximate surface area is 167 Å². The van der Waals surface area contributed by atoms with Crippen molar-refractivity contribution in [1.29, 1.82) is 0 Å². The highest BCUT2D eigenvalue weighted by atomic mass is 32.2. The Morgan fingerprint density at radius 3 is 2.70 bits per heavy atom. The number of ether oxygens (including phenoxy) is 1. The molecule has 140 valence electrons. The number of thioether (sulfide) groups is 1. The molecule has 0 saturated heterocycles. The number of benzene rings is 2. The smallest absolute Gasteiger partial charge is 0.266 e. The maximum absolute atomic E-state index is 12.4. The van der Waals surface area contributed by atoms with E-state index in [9.17, 15) is 4.79 Å². The number of hydrogen-bond acceptors (Lipinski definition) is 6. The normalized spacial score (nSPS) is 11.8. The summed E-state index contributed by atoms with van der Waals surface area (Å²) in [5, 5.41) is 11.4. The number of hydrogen-bond donors (Lipinski definition) is 1. The van der Waals surface area contributed by atoms with Crippen molar-refractivity contribution in [3.63, 3.8) is 0 Å². The van der Waals surface area contributed by atoms with Crippen molar-refractivity contribution < 1.29 is 9.53 Å². The third-order valence-corrected chi connectivity index (χ3v) is 6.11. The van der Waals surface area contributed by atoms with Crippen LogP contribution in [0, 0.1) is 13.8 Å². The monoisotopic (exact) mass is 399 g/mol. The molecule has 7 heteroatoms. The van der Waals surface area contributed by atoms with E-state index >= 15 is 0 Å². The third-order valence-electron chi connectivity index (χ3n) is 4.07. The lowest BCUT2D eigenvalue weighted by Crippen LogP contribution is -2.30. The van der Waals surface area contributed by atoms with Crippen LogP contribution in [0.4, 0.5) is 5.13 Å². The highest BCUT2D eigenvalue weighted by Gasteiger charge is 2.18. The summed E-state index contributed by atoms with van der Waals surface area (Å²) < 4.78 is 6.63. The quantitative estimate of drug-likeness (QED) is 0.454. The molecule has 0 aliphatic heterocycles. The van der Waals surface area contributed by atoms with Gasteiger partial charge in [0.15, 0.2) is 10.4 Å². The van der Waals surface area contributed by atoms with Crippen molar-refractivity contribution in [3.05, 3.63) is 65.2 Å². The minimum absolute atomic E-state index is 0.244. The Hall–Kier alpha value is -2.38. The molecule has 0 saturated carbocycles. The summed E-state index contributed by atoms with van der Waals surface area (Å²) in [6, 6.07) is 16.0. The average Bonchev–Trinajstić information content (AvgIpc) is 3.12. The molecule has 0 fully saturated rings. The molecule has 0 radical (unpaired) electrons. The van der Waals surface area contributed by atoms with Gasteiger partial charge in [-0.2, -0.15) is 0 Å². The van der Waals surface area contributed by atoms with Gasteiger partial charge in [0.05, 0.1) is 0 Å². The van der Waals surface area contributed by atoms with Crippen molar-refractivity contribution >= 4 is 34.1 Å². The fourth-order valence-corrected chi connectivity index (χ4v) is 4.05. The lowest BCUT2D eigenvalue weighted by atomic mass is 10.1. The minimum Gasteiger partial charge on any atom is -0.481 e. The molecule has 0 aliphatic carbocycles. The highest BCUT2D eigenvalue weighted by molar-refractivity contribution is 8.00. The van der Waals surface area contributed by atoms with Gasteiger partial charge in [-0.15, -0.1) is 10.2 Å². The summed E-state index contributed by atoms with van der Waals surface area (Å²) in [4.78, 5) is 12.4. The van der Waals surface area contributed by atoms with Gasteiger partial charge >= 0.3 is 0 Å². The molecule has 3 rings (SSSR count). The Bertz CT molecular complexity index is 913. The van der Waals surface area contributed by atoms with Crippen LogP contribution in [0.25, 0.3) is 0 Å². The van der Waals surface area contributed by atoms with Crippen LogP contribution < -0.4 is 10.1 Å². The number of nitrogens with zero attached hydrogens (tertiary/aromatic N) is 2. The number of rotatable bonds is 7. The van der Waals surface area contributed by atoms with Gasteiger partial charge < -0.3 is 4.74 Å². The number of aromatic nitrogens is 2. The van der Waals surface area contributed by atoms with Gasteiger partial charge in [-0.25, -0.2) is 0 Å². The Morgan fingerprint density at radius 2 is 1.93 bits per heavy atom. The second-order valence-electron chi connectivity index (χ2n) is 6.09. The molecular weight excluding hydrogens is 378 g/mol. The zero-order valence-electron chi connectivity index (χ0n) is 15.4. The molecular formula is C20H21N3O2S2. The number of carbonyl (C=O) groups excluding carboxylic acids is 1. The Kier molecular flexibility index (Phi) is 6.47. The first-order valence-electron chi connectivity index (χ1n) is 8.57. The van der Waals surface area contributed by atoms with Crippen LogP contribution in [0.15, 0.2) is 52.9 Å². The average molecular weight is 400 g/mol. The predicted octanol–water partition coefficient (Wildman–Crippen LogP) is 4.85. The van der Waals surface area contributed by atoms with Gasteiger partial charge in [-0.3, -0.25) is 10.1 Å². The van der Waals surface area contributed by atoms with E-state index in [1.807, 2.05) is 50.2 Å². The van der Waals surface area contributed by atoms with Crippen molar-refractivity contribution in [1.82, 2.24) is 10.2 Å². The zero-order valence-corrected chi connectivity index (χ0v) is 17.1. The van der Waals surface area contributed by atoms with Gasteiger partial charge in [0, 0.05) is 5.75 Å². The summed E-state index contributed by atoms with van der Waals surface area (Å²) >= 11 is 2.96. The maximum Gasteiger partial charge on any atom is 0.266 e. The molecule has 1 heterocycles. The fraction of sp³-hybridized carbons (Fsp3) is 0.250. The zero-order chi connectivity index (χ0) is 19.2. The second kappa shape index (κ2) is 9.01. The number of anilines is 1. The molecule has 1 amide bonds. The molecule has 2 aromatic carbocycles. The first-order valence-corrected chi connectivity index (χ1v) is 10.4. The van der Waals surface area contributed by atoms with Crippen LogP contribution in [-0.4, -0.2) is 22.2 Å². The SMILES string of the molecule is Cc1cccc(OC(C)C(=O)Nc2nnc(SCc3ccccc3)s2)c1C. The van der Waals surface area contributed by atoms with E-state index in [4.69, 9.17) is 4.74 Å². The molecule has 3 aromatic rings. The summed E-state index contributed by atoms with van der Waals surface area (Å²) in [6.07, 6.45) is -0.630. The first kappa shape index (κ1) is 19.4. The summed E-state index contributed by atoms with van der Waals surface area (Å²) in [5.74, 6) is 1.29. The highest BCUT2D eigenvalue weighted by Crippen LogP contribution is 2.28. The number of amides is 1. The molecule has 0 spiro atoms. The van der Waals surface area contributed by atoms with Gasteiger partial charge in [0.25, 0.3) is 5.91 Å². The van der Waals surface area contributed by atoms with Crippen molar-refractivity contribution in [2.24, 2.45) is 0 Å². The van der Waals surface area contributed by atoms with E-state index in [1.54, 1.807) is 18.7 Å². The molecule has 1 unspecified atom stereocenters. The van der Waals surface area contributed by atoms with Gasteiger partial charge in [-0.05, 0) is 43.5 Å². The lowest BCUT2D eigenvalue weighted by Gasteiger charge is -2.16. The molecule has 5 nitrogen and oxygen atoms in total. The Morgan fingerprint density at radius 1 is 1.15 bits per heavy atom. The van der Waals surface area contributed by atoms with Gasteiger partial charge in [0.1, 0.15) is 5.75 Å². The third kappa shape index (κ3) is 5.30. The molecule has 27 heavy (non-hydrogen) atoms. The molecule has 0 bridgehead atoms. The fourth-order valence-electron chi connectivity index (χ4n) is 2.34. The summed E-state index contributed by atoms with van der Waals surface area (Å²) in [5.41, 5.74) is 3.39. The standard InChI is InChI=1S/C20H21N3O2S2/c1-13-8-7-11-17(14(13)2)25-15(3)18(24)21-19-22-23-20(27-19)26-12-16-9-5-4-6-10-16/h4-11,15H,12H2,1-3H3,(H,21,22,24). The summed E-state index contributed by atoms with van der Waals surface area (Å²) in [7, 11) is 0. The largest absolute Gasteiger partial charge is 0.481 e. The van der Waals surface area contributed by atoms with E-state index in [0.717, 1.165) is 21.2 Å². The van der Waals surface area contributed by atoms with Gasteiger partial charge in [-0.1, -0.05) is 65.6 Å². The summed E-state index contributed by atoms with van der Waals surface area (Å²) in [6.45, 7) is 5.72.